The topological polar surface area (TPSA) is 22.2 Å². The lowest BCUT2D eigenvalue weighted by molar-refractivity contribution is 0.698. The summed E-state index contributed by atoms with van der Waals surface area (Å²) in [5, 5.41) is 3.91. The summed E-state index contributed by atoms with van der Waals surface area (Å²) in [4.78, 5) is 3.17. The van der Waals surface area contributed by atoms with Gasteiger partial charge in [-0.2, -0.15) is 5.10 Å². The molecule has 0 saturated heterocycles. The summed E-state index contributed by atoms with van der Waals surface area (Å²) in [7, 11) is 0. The Balaban J connectivity index is 2.76. The molecule has 0 aliphatic rings. The number of aryl methyl sites for hydroxylation is 1. The minimum atomic E-state index is 0.327. The van der Waals surface area contributed by atoms with Crippen molar-refractivity contribution in [1.29, 1.82) is 0 Å². The Morgan fingerprint density at radius 2 is 2.67 bits per heavy atom. The summed E-state index contributed by atoms with van der Waals surface area (Å²) >= 11 is 0. The van der Waals surface area contributed by atoms with E-state index in [9.17, 15) is 0 Å². The van der Waals surface area contributed by atoms with Crippen molar-refractivity contribution in [3.63, 3.8) is 0 Å². The fourth-order valence-corrected chi connectivity index (χ4v) is 0.617. The van der Waals surface area contributed by atoms with Crippen molar-refractivity contribution in [2.45, 2.75) is 13.6 Å². The Morgan fingerprint density at radius 3 is 3.11 bits per heavy atom. The van der Waals surface area contributed by atoms with Crippen LogP contribution in [0.25, 0.3) is 4.85 Å². The highest BCUT2D eigenvalue weighted by Crippen LogP contribution is 1.92. The molecule has 0 atom stereocenters. The molecule has 0 fully saturated rings. The van der Waals surface area contributed by atoms with E-state index in [4.69, 9.17) is 6.57 Å². The van der Waals surface area contributed by atoms with Gasteiger partial charge >= 0.3 is 6.67 Å². The molecular formula is C6H7N3. The van der Waals surface area contributed by atoms with Gasteiger partial charge in [-0.15, -0.1) is 0 Å². The highest BCUT2D eigenvalue weighted by molar-refractivity contribution is 4.99. The Bertz CT molecular complexity index is 231. The largest absolute Gasteiger partial charge is 0.307 e. The summed E-state index contributed by atoms with van der Waals surface area (Å²) in [6.07, 6.45) is 3.59. The van der Waals surface area contributed by atoms with Gasteiger partial charge < -0.3 is 0 Å². The molecule has 3 heteroatoms. The molecule has 0 aliphatic heterocycles. The lowest BCUT2D eigenvalue weighted by Crippen LogP contribution is -1.91. The van der Waals surface area contributed by atoms with Gasteiger partial charge in [-0.05, 0) is 12.5 Å². The average Bonchev–Trinajstić information content (AvgIpc) is 2.17. The zero-order valence-corrected chi connectivity index (χ0v) is 5.20. The molecule has 1 aromatic heterocycles. The number of rotatable bonds is 1. The maximum absolute atomic E-state index is 6.51. The van der Waals surface area contributed by atoms with Crippen LogP contribution in [0.1, 0.15) is 5.56 Å². The van der Waals surface area contributed by atoms with E-state index in [0.717, 1.165) is 5.56 Å². The summed E-state index contributed by atoms with van der Waals surface area (Å²) in [5.41, 5.74) is 1.10. The van der Waals surface area contributed by atoms with E-state index in [0.29, 0.717) is 6.67 Å². The second-order valence-electron chi connectivity index (χ2n) is 1.86. The van der Waals surface area contributed by atoms with Crippen molar-refractivity contribution in [3.05, 3.63) is 29.4 Å². The first-order valence-corrected chi connectivity index (χ1v) is 2.65. The summed E-state index contributed by atoms with van der Waals surface area (Å²) in [5.74, 6) is 0. The highest BCUT2D eigenvalue weighted by atomic mass is 15.3. The smallest absolute Gasteiger partial charge is 0.291 e. The van der Waals surface area contributed by atoms with Crippen LogP contribution >= 0.6 is 0 Å². The third kappa shape index (κ3) is 1.29. The van der Waals surface area contributed by atoms with Gasteiger partial charge in [0.1, 0.15) is 0 Å². The maximum atomic E-state index is 6.51. The van der Waals surface area contributed by atoms with Crippen LogP contribution in [0.5, 0.6) is 0 Å². The fourth-order valence-electron chi connectivity index (χ4n) is 0.617. The predicted octanol–water partition coefficient (Wildman–Crippen LogP) is 1.07. The molecule has 1 rings (SSSR count). The minimum absolute atomic E-state index is 0.327. The molecular weight excluding hydrogens is 114 g/mol. The van der Waals surface area contributed by atoms with Gasteiger partial charge in [0.15, 0.2) is 0 Å². The van der Waals surface area contributed by atoms with Gasteiger partial charge in [0.05, 0.1) is 6.20 Å². The zero-order valence-electron chi connectivity index (χ0n) is 5.20. The summed E-state index contributed by atoms with van der Waals surface area (Å²) in [6, 6.07) is 0. The fraction of sp³-hybridized carbons (Fsp3) is 0.333. The second kappa shape index (κ2) is 2.31. The Hall–Kier alpha value is -1.30. The number of hydrogen-bond donors (Lipinski definition) is 0. The van der Waals surface area contributed by atoms with E-state index in [2.05, 4.69) is 9.94 Å². The van der Waals surface area contributed by atoms with Crippen molar-refractivity contribution in [1.82, 2.24) is 9.78 Å². The Morgan fingerprint density at radius 1 is 1.89 bits per heavy atom. The maximum Gasteiger partial charge on any atom is 0.307 e. The summed E-state index contributed by atoms with van der Waals surface area (Å²) in [6.45, 7) is 8.79. The SMILES string of the molecule is [C-]#[N+]Cn1cc(C)cn1. The molecule has 0 radical (unpaired) electrons. The highest BCUT2D eigenvalue weighted by Gasteiger charge is 1.91. The van der Waals surface area contributed by atoms with Crippen molar-refractivity contribution in [2.75, 3.05) is 0 Å². The number of nitrogens with zero attached hydrogens (tertiary/aromatic N) is 3. The van der Waals surface area contributed by atoms with Gasteiger partial charge in [0.2, 0.25) is 0 Å². The van der Waals surface area contributed by atoms with Crippen LogP contribution in [0.15, 0.2) is 12.4 Å². The molecule has 0 unspecified atom stereocenters. The number of hydrogen-bond acceptors (Lipinski definition) is 1. The van der Waals surface area contributed by atoms with Gasteiger partial charge in [-0.3, -0.25) is 4.85 Å². The molecule has 1 heterocycles. The van der Waals surface area contributed by atoms with E-state index in [1.807, 2.05) is 13.1 Å². The van der Waals surface area contributed by atoms with Crippen molar-refractivity contribution in [3.8, 4) is 0 Å². The third-order valence-corrected chi connectivity index (χ3v) is 0.978. The van der Waals surface area contributed by atoms with E-state index in [-0.39, 0.29) is 0 Å². The number of aromatic nitrogens is 2. The molecule has 0 aromatic carbocycles. The van der Waals surface area contributed by atoms with E-state index < -0.39 is 0 Å². The van der Waals surface area contributed by atoms with Crippen LogP contribution in [0.4, 0.5) is 0 Å². The lowest BCUT2D eigenvalue weighted by Gasteiger charge is -1.83. The van der Waals surface area contributed by atoms with Crippen LogP contribution in [-0.4, -0.2) is 9.78 Å². The van der Waals surface area contributed by atoms with Crippen molar-refractivity contribution in [2.24, 2.45) is 0 Å². The monoisotopic (exact) mass is 121 g/mol. The first-order chi connectivity index (χ1) is 4.33. The Kier molecular flexibility index (Phi) is 1.50. The molecule has 0 N–H and O–H groups in total. The van der Waals surface area contributed by atoms with Gasteiger partial charge in [0.25, 0.3) is 0 Å². The van der Waals surface area contributed by atoms with Crippen molar-refractivity contribution >= 4 is 0 Å². The van der Waals surface area contributed by atoms with Gasteiger partial charge in [0, 0.05) is 6.20 Å². The molecule has 0 spiro atoms. The molecule has 0 saturated carbocycles. The standard InChI is InChI=1S/C6H7N3/c1-6-3-8-9(4-6)5-7-2/h3-4H,5H2,1H3. The van der Waals surface area contributed by atoms with E-state index in [1.165, 1.54) is 0 Å². The van der Waals surface area contributed by atoms with Crippen LogP contribution in [0, 0.1) is 13.5 Å². The van der Waals surface area contributed by atoms with Crippen LogP contribution < -0.4 is 0 Å². The second-order valence-corrected chi connectivity index (χ2v) is 1.86. The van der Waals surface area contributed by atoms with E-state index >= 15 is 0 Å². The quantitative estimate of drug-likeness (QED) is 0.509. The summed E-state index contributed by atoms with van der Waals surface area (Å²) < 4.78 is 1.61. The van der Waals surface area contributed by atoms with Crippen molar-refractivity contribution < 1.29 is 0 Å². The Labute approximate surface area is 53.7 Å². The predicted molar refractivity (Wildman–Crippen MR) is 33.6 cm³/mol. The first kappa shape index (κ1) is 5.83. The van der Waals surface area contributed by atoms with Gasteiger partial charge in [-0.25, -0.2) is 11.3 Å². The molecule has 0 aliphatic carbocycles. The van der Waals surface area contributed by atoms with Crippen LogP contribution in [0.2, 0.25) is 0 Å². The molecule has 0 amide bonds. The minimum Gasteiger partial charge on any atom is -0.291 e. The van der Waals surface area contributed by atoms with Crippen LogP contribution in [-0.2, 0) is 6.67 Å². The van der Waals surface area contributed by atoms with Crippen LogP contribution in [0.3, 0.4) is 0 Å². The average molecular weight is 121 g/mol. The molecule has 3 nitrogen and oxygen atoms in total. The molecule has 1 aromatic rings. The lowest BCUT2D eigenvalue weighted by atomic mass is 10.4. The van der Waals surface area contributed by atoms with E-state index in [1.54, 1.807) is 10.9 Å². The molecule has 9 heavy (non-hydrogen) atoms. The first-order valence-electron chi connectivity index (χ1n) is 2.65. The zero-order chi connectivity index (χ0) is 6.69. The molecule has 0 bridgehead atoms. The van der Waals surface area contributed by atoms with Gasteiger partial charge in [-0.1, -0.05) is 0 Å². The normalized spacial score (nSPS) is 8.89. The third-order valence-electron chi connectivity index (χ3n) is 0.978. The molecule has 46 valence electrons.